The van der Waals surface area contributed by atoms with Gasteiger partial charge in [-0.3, -0.25) is 4.68 Å². The number of nitrogens with zero attached hydrogens (tertiary/aromatic N) is 2. The standard InChI is InChI=1S/C12H21N3O2/c1-4-15-8-9(7-13-15)14-10-6-11(17-5-2)12(10)16-3/h7-8,10-12,14H,4-6H2,1-3H3. The molecule has 2 rings (SSSR count). The molecular weight excluding hydrogens is 218 g/mol. The second-order valence-electron chi connectivity index (χ2n) is 4.27. The maximum Gasteiger partial charge on any atom is 0.103 e. The molecule has 1 aliphatic rings. The molecule has 17 heavy (non-hydrogen) atoms. The molecule has 3 unspecified atom stereocenters. The molecule has 1 aliphatic carbocycles. The van der Waals surface area contributed by atoms with Crippen LogP contribution < -0.4 is 5.32 Å². The molecule has 3 atom stereocenters. The maximum atomic E-state index is 5.59. The summed E-state index contributed by atoms with van der Waals surface area (Å²) in [5, 5.41) is 7.67. The van der Waals surface area contributed by atoms with Crippen molar-refractivity contribution in [1.29, 1.82) is 0 Å². The Kier molecular flexibility index (Phi) is 4.02. The number of hydrogen-bond donors (Lipinski definition) is 1. The summed E-state index contributed by atoms with van der Waals surface area (Å²) < 4.78 is 12.9. The fourth-order valence-corrected chi connectivity index (χ4v) is 2.24. The molecule has 0 spiro atoms. The topological polar surface area (TPSA) is 48.3 Å². The smallest absolute Gasteiger partial charge is 0.103 e. The molecule has 1 fully saturated rings. The van der Waals surface area contributed by atoms with E-state index in [0.29, 0.717) is 6.04 Å². The largest absolute Gasteiger partial charge is 0.377 e. The van der Waals surface area contributed by atoms with Crippen molar-refractivity contribution in [3.8, 4) is 0 Å². The summed E-state index contributed by atoms with van der Waals surface area (Å²) in [4.78, 5) is 0. The summed E-state index contributed by atoms with van der Waals surface area (Å²) in [5.41, 5.74) is 1.05. The second-order valence-corrected chi connectivity index (χ2v) is 4.27. The Bertz CT molecular complexity index is 353. The molecule has 0 aromatic carbocycles. The third-order valence-electron chi connectivity index (χ3n) is 3.21. The van der Waals surface area contributed by atoms with Gasteiger partial charge in [0.2, 0.25) is 0 Å². The molecule has 1 aromatic heterocycles. The zero-order chi connectivity index (χ0) is 12.3. The molecule has 0 amide bonds. The highest BCUT2D eigenvalue weighted by atomic mass is 16.5. The highest BCUT2D eigenvalue weighted by Gasteiger charge is 2.42. The van der Waals surface area contributed by atoms with Gasteiger partial charge in [-0.1, -0.05) is 0 Å². The third kappa shape index (κ3) is 2.61. The van der Waals surface area contributed by atoms with Crippen LogP contribution in [-0.4, -0.2) is 41.7 Å². The van der Waals surface area contributed by atoms with Crippen molar-refractivity contribution in [2.75, 3.05) is 19.0 Å². The molecule has 96 valence electrons. The minimum absolute atomic E-state index is 0.139. The van der Waals surface area contributed by atoms with Gasteiger partial charge in [-0.05, 0) is 20.3 Å². The highest BCUT2D eigenvalue weighted by Crippen LogP contribution is 2.29. The molecule has 0 bridgehead atoms. The Morgan fingerprint density at radius 1 is 1.53 bits per heavy atom. The normalized spacial score (nSPS) is 27.8. The summed E-state index contributed by atoms with van der Waals surface area (Å²) in [5.74, 6) is 0. The first-order valence-electron chi connectivity index (χ1n) is 6.21. The van der Waals surface area contributed by atoms with E-state index in [1.807, 2.05) is 24.0 Å². The van der Waals surface area contributed by atoms with Crippen LogP contribution in [0, 0.1) is 0 Å². The minimum Gasteiger partial charge on any atom is -0.377 e. The Morgan fingerprint density at radius 3 is 2.94 bits per heavy atom. The molecular formula is C12H21N3O2. The average Bonchev–Trinajstić information content (AvgIpc) is 2.76. The zero-order valence-electron chi connectivity index (χ0n) is 10.7. The number of ether oxygens (including phenoxy) is 2. The number of methoxy groups -OCH3 is 1. The Balaban J connectivity index is 1.87. The molecule has 0 saturated heterocycles. The van der Waals surface area contributed by atoms with Crippen molar-refractivity contribution in [2.45, 2.75) is 45.1 Å². The average molecular weight is 239 g/mol. The molecule has 1 aromatic rings. The van der Waals surface area contributed by atoms with Crippen molar-refractivity contribution < 1.29 is 9.47 Å². The molecule has 5 heteroatoms. The summed E-state index contributed by atoms with van der Waals surface area (Å²) in [6.07, 6.45) is 5.22. The monoisotopic (exact) mass is 239 g/mol. The van der Waals surface area contributed by atoms with Gasteiger partial charge in [0.25, 0.3) is 0 Å². The zero-order valence-corrected chi connectivity index (χ0v) is 10.7. The lowest BCUT2D eigenvalue weighted by molar-refractivity contribution is -0.118. The third-order valence-corrected chi connectivity index (χ3v) is 3.21. The lowest BCUT2D eigenvalue weighted by atomic mass is 9.85. The van der Waals surface area contributed by atoms with E-state index in [1.54, 1.807) is 7.11 Å². The number of aryl methyl sites for hydroxylation is 1. The van der Waals surface area contributed by atoms with Crippen LogP contribution in [0.3, 0.4) is 0 Å². The van der Waals surface area contributed by atoms with E-state index in [4.69, 9.17) is 9.47 Å². The van der Waals surface area contributed by atoms with E-state index in [0.717, 1.165) is 25.3 Å². The van der Waals surface area contributed by atoms with Gasteiger partial charge in [0, 0.05) is 26.5 Å². The summed E-state index contributed by atoms with van der Waals surface area (Å²) in [6.45, 7) is 5.72. The van der Waals surface area contributed by atoms with Crippen LogP contribution in [-0.2, 0) is 16.0 Å². The molecule has 0 aliphatic heterocycles. The maximum absolute atomic E-state index is 5.59. The van der Waals surface area contributed by atoms with Crippen molar-refractivity contribution in [1.82, 2.24) is 9.78 Å². The Morgan fingerprint density at radius 2 is 2.35 bits per heavy atom. The lowest BCUT2D eigenvalue weighted by Crippen LogP contribution is -2.56. The number of aromatic nitrogens is 2. The molecule has 1 heterocycles. The summed E-state index contributed by atoms with van der Waals surface area (Å²) >= 11 is 0. The van der Waals surface area contributed by atoms with Crippen LogP contribution in [0.4, 0.5) is 5.69 Å². The molecule has 1 saturated carbocycles. The van der Waals surface area contributed by atoms with Crippen LogP contribution in [0.15, 0.2) is 12.4 Å². The van der Waals surface area contributed by atoms with Gasteiger partial charge in [-0.15, -0.1) is 0 Å². The van der Waals surface area contributed by atoms with Gasteiger partial charge < -0.3 is 14.8 Å². The lowest BCUT2D eigenvalue weighted by Gasteiger charge is -2.43. The van der Waals surface area contributed by atoms with E-state index < -0.39 is 0 Å². The second kappa shape index (κ2) is 5.51. The van der Waals surface area contributed by atoms with E-state index >= 15 is 0 Å². The predicted molar refractivity (Wildman–Crippen MR) is 66.1 cm³/mol. The molecule has 0 radical (unpaired) electrons. The van der Waals surface area contributed by atoms with E-state index in [2.05, 4.69) is 17.3 Å². The first-order valence-corrected chi connectivity index (χ1v) is 6.21. The van der Waals surface area contributed by atoms with E-state index in [1.165, 1.54) is 0 Å². The van der Waals surface area contributed by atoms with Crippen LogP contribution in [0.25, 0.3) is 0 Å². The predicted octanol–water partition coefficient (Wildman–Crippen LogP) is 1.51. The van der Waals surface area contributed by atoms with Crippen LogP contribution >= 0.6 is 0 Å². The first kappa shape index (κ1) is 12.4. The van der Waals surface area contributed by atoms with Crippen LogP contribution in [0.1, 0.15) is 20.3 Å². The van der Waals surface area contributed by atoms with Gasteiger partial charge in [0.1, 0.15) is 6.10 Å². The fraction of sp³-hybridized carbons (Fsp3) is 0.750. The van der Waals surface area contributed by atoms with Gasteiger partial charge in [-0.25, -0.2) is 0 Å². The van der Waals surface area contributed by atoms with E-state index in [9.17, 15) is 0 Å². The van der Waals surface area contributed by atoms with Gasteiger partial charge >= 0.3 is 0 Å². The Hall–Kier alpha value is -1.07. The molecule has 1 N–H and O–H groups in total. The minimum atomic E-state index is 0.139. The summed E-state index contributed by atoms with van der Waals surface area (Å²) in [6, 6.07) is 0.325. The van der Waals surface area contributed by atoms with Gasteiger partial charge in [-0.2, -0.15) is 5.10 Å². The number of rotatable bonds is 6. The van der Waals surface area contributed by atoms with Crippen molar-refractivity contribution in [3.05, 3.63) is 12.4 Å². The highest BCUT2D eigenvalue weighted by molar-refractivity contribution is 5.40. The van der Waals surface area contributed by atoms with Gasteiger partial charge in [0.15, 0.2) is 0 Å². The number of anilines is 1. The fourth-order valence-electron chi connectivity index (χ4n) is 2.24. The van der Waals surface area contributed by atoms with Crippen molar-refractivity contribution >= 4 is 5.69 Å². The van der Waals surface area contributed by atoms with Crippen LogP contribution in [0.2, 0.25) is 0 Å². The number of nitrogens with one attached hydrogen (secondary N) is 1. The first-order chi connectivity index (χ1) is 8.28. The molecule has 5 nitrogen and oxygen atoms in total. The van der Waals surface area contributed by atoms with Gasteiger partial charge in [0.05, 0.1) is 24.0 Å². The summed E-state index contributed by atoms with van der Waals surface area (Å²) in [7, 11) is 1.74. The number of hydrogen-bond acceptors (Lipinski definition) is 4. The van der Waals surface area contributed by atoms with Crippen molar-refractivity contribution in [2.24, 2.45) is 0 Å². The van der Waals surface area contributed by atoms with Crippen molar-refractivity contribution in [3.63, 3.8) is 0 Å². The SMILES string of the molecule is CCOC1CC(Nc2cnn(CC)c2)C1OC. The quantitative estimate of drug-likeness (QED) is 0.817. The van der Waals surface area contributed by atoms with Crippen LogP contribution in [0.5, 0.6) is 0 Å². The van der Waals surface area contributed by atoms with E-state index in [-0.39, 0.29) is 12.2 Å². The Labute approximate surface area is 102 Å².